The normalized spacial score (nSPS) is 15.5. The lowest BCUT2D eigenvalue weighted by molar-refractivity contribution is 0.246. The highest BCUT2D eigenvalue weighted by molar-refractivity contribution is 6.42. The van der Waals surface area contributed by atoms with Crippen LogP contribution in [-0.4, -0.2) is 41.0 Å². The van der Waals surface area contributed by atoms with Gasteiger partial charge >= 0.3 is 0 Å². The minimum atomic E-state index is -0.179. The third-order valence-electron chi connectivity index (χ3n) is 4.67. The van der Waals surface area contributed by atoms with Crippen LogP contribution < -0.4 is 10.5 Å². The highest BCUT2D eigenvalue weighted by Crippen LogP contribution is 2.25. The van der Waals surface area contributed by atoms with Gasteiger partial charge in [0.15, 0.2) is 0 Å². The highest BCUT2D eigenvalue weighted by Gasteiger charge is 2.19. The zero-order chi connectivity index (χ0) is 18.1. The largest absolute Gasteiger partial charge is 0.369 e. The Balaban J connectivity index is 1.49. The maximum Gasteiger partial charge on any atom is 0.271 e. The van der Waals surface area contributed by atoms with E-state index < -0.39 is 0 Å². The molecule has 1 aliphatic heterocycles. The molecule has 5 nitrogen and oxygen atoms in total. The smallest absolute Gasteiger partial charge is 0.271 e. The Bertz CT molecular complexity index is 982. The van der Waals surface area contributed by atoms with Crippen molar-refractivity contribution in [2.75, 3.05) is 31.1 Å². The van der Waals surface area contributed by atoms with E-state index in [4.69, 9.17) is 23.2 Å². The van der Waals surface area contributed by atoms with E-state index >= 15 is 0 Å². The molecule has 1 N–H and O–H groups in total. The van der Waals surface area contributed by atoms with E-state index in [0.717, 1.165) is 26.2 Å². The first-order chi connectivity index (χ1) is 12.6. The molecule has 2 heterocycles. The number of piperazine rings is 1. The van der Waals surface area contributed by atoms with Crippen molar-refractivity contribution < 1.29 is 0 Å². The molecule has 1 aliphatic rings. The lowest BCUT2D eigenvalue weighted by Crippen LogP contribution is -2.46. The number of nitrogens with one attached hydrogen (secondary N) is 1. The van der Waals surface area contributed by atoms with E-state index in [-0.39, 0.29) is 5.56 Å². The molecule has 26 heavy (non-hydrogen) atoms. The van der Waals surface area contributed by atoms with Gasteiger partial charge in [-0.3, -0.25) is 9.69 Å². The standard InChI is InChI=1S/C19H18Cl2N4O/c20-14-10-16-17(11-15(14)21)23-19(26)18(22-16)12-24-6-8-25(9-7-24)13-4-2-1-3-5-13/h1-5,10-11H,6-9,12H2,(H,23,26). The molecule has 1 fully saturated rings. The van der Waals surface area contributed by atoms with Gasteiger partial charge in [0.1, 0.15) is 5.69 Å². The summed E-state index contributed by atoms with van der Waals surface area (Å²) < 4.78 is 0. The molecule has 1 aromatic heterocycles. The Morgan fingerprint density at radius 3 is 2.42 bits per heavy atom. The number of hydrogen-bond donors (Lipinski definition) is 1. The van der Waals surface area contributed by atoms with Crippen molar-refractivity contribution in [3.8, 4) is 0 Å². The zero-order valence-electron chi connectivity index (χ0n) is 14.1. The monoisotopic (exact) mass is 388 g/mol. The zero-order valence-corrected chi connectivity index (χ0v) is 15.6. The molecule has 0 unspecified atom stereocenters. The van der Waals surface area contributed by atoms with Gasteiger partial charge in [-0.2, -0.15) is 0 Å². The molecule has 0 aliphatic carbocycles. The van der Waals surface area contributed by atoms with Crippen LogP contribution >= 0.6 is 23.2 Å². The summed E-state index contributed by atoms with van der Waals surface area (Å²) in [5.74, 6) is 0. The van der Waals surface area contributed by atoms with Gasteiger partial charge in [0.25, 0.3) is 5.56 Å². The summed E-state index contributed by atoms with van der Waals surface area (Å²) in [6.07, 6.45) is 0. The topological polar surface area (TPSA) is 52.2 Å². The maximum atomic E-state index is 12.4. The molecule has 134 valence electrons. The summed E-state index contributed by atoms with van der Waals surface area (Å²) in [7, 11) is 0. The Morgan fingerprint density at radius 2 is 1.69 bits per heavy atom. The fraction of sp³-hybridized carbons (Fsp3) is 0.263. The van der Waals surface area contributed by atoms with Crippen LogP contribution in [0.5, 0.6) is 0 Å². The second kappa shape index (κ2) is 7.27. The first kappa shape index (κ1) is 17.3. The molecule has 4 rings (SSSR count). The maximum absolute atomic E-state index is 12.4. The van der Waals surface area contributed by atoms with Crippen molar-refractivity contribution in [1.29, 1.82) is 0 Å². The van der Waals surface area contributed by atoms with E-state index in [1.54, 1.807) is 12.1 Å². The first-order valence-electron chi connectivity index (χ1n) is 8.50. The quantitative estimate of drug-likeness (QED) is 0.745. The predicted molar refractivity (Wildman–Crippen MR) is 106 cm³/mol. The van der Waals surface area contributed by atoms with Gasteiger partial charge < -0.3 is 9.88 Å². The number of para-hydroxylation sites is 1. The number of nitrogens with zero attached hydrogens (tertiary/aromatic N) is 3. The molecule has 0 radical (unpaired) electrons. The van der Waals surface area contributed by atoms with E-state index in [1.165, 1.54) is 5.69 Å². The Morgan fingerprint density at radius 1 is 1.00 bits per heavy atom. The van der Waals surface area contributed by atoms with Crippen LogP contribution in [0.2, 0.25) is 10.0 Å². The number of H-pyrrole nitrogens is 1. The van der Waals surface area contributed by atoms with Gasteiger partial charge in [0.2, 0.25) is 0 Å². The minimum Gasteiger partial charge on any atom is -0.369 e. The number of rotatable bonds is 3. The summed E-state index contributed by atoms with van der Waals surface area (Å²) in [5, 5.41) is 0.836. The average molecular weight is 389 g/mol. The van der Waals surface area contributed by atoms with E-state index in [2.05, 4.69) is 44.0 Å². The highest BCUT2D eigenvalue weighted by atomic mass is 35.5. The Labute approximate surface area is 161 Å². The molecule has 0 atom stereocenters. The summed E-state index contributed by atoms with van der Waals surface area (Å²) in [4.78, 5) is 24.3. The van der Waals surface area contributed by atoms with Crippen molar-refractivity contribution in [3.63, 3.8) is 0 Å². The van der Waals surface area contributed by atoms with E-state index in [0.29, 0.717) is 33.3 Å². The molecule has 1 saturated heterocycles. The second-order valence-electron chi connectivity index (χ2n) is 6.39. The molecule has 2 aromatic carbocycles. The van der Waals surface area contributed by atoms with Gasteiger partial charge in [0.05, 0.1) is 21.1 Å². The number of anilines is 1. The third kappa shape index (κ3) is 3.56. The molecular weight excluding hydrogens is 371 g/mol. The predicted octanol–water partition coefficient (Wildman–Crippen LogP) is 3.55. The van der Waals surface area contributed by atoms with Crippen molar-refractivity contribution in [2.24, 2.45) is 0 Å². The van der Waals surface area contributed by atoms with Crippen molar-refractivity contribution in [3.05, 3.63) is 68.6 Å². The van der Waals surface area contributed by atoms with Gasteiger partial charge in [-0.1, -0.05) is 41.4 Å². The Kier molecular flexibility index (Phi) is 4.85. The third-order valence-corrected chi connectivity index (χ3v) is 5.39. The van der Waals surface area contributed by atoms with Crippen LogP contribution in [-0.2, 0) is 6.54 Å². The van der Waals surface area contributed by atoms with Crippen LogP contribution in [0.1, 0.15) is 5.69 Å². The van der Waals surface area contributed by atoms with Crippen molar-refractivity contribution in [1.82, 2.24) is 14.9 Å². The van der Waals surface area contributed by atoms with Crippen molar-refractivity contribution >= 4 is 39.9 Å². The fourth-order valence-corrected chi connectivity index (χ4v) is 3.56. The molecule has 0 amide bonds. The molecule has 0 spiro atoms. The SMILES string of the molecule is O=c1[nH]c2cc(Cl)c(Cl)cc2nc1CN1CCN(c2ccccc2)CC1. The average Bonchev–Trinajstić information content (AvgIpc) is 2.65. The molecule has 0 saturated carbocycles. The molecule has 7 heteroatoms. The van der Waals surface area contributed by atoms with Crippen molar-refractivity contribution in [2.45, 2.75) is 6.54 Å². The van der Waals surface area contributed by atoms with E-state index in [9.17, 15) is 4.79 Å². The molecule has 3 aromatic rings. The summed E-state index contributed by atoms with van der Waals surface area (Å²) >= 11 is 12.1. The van der Waals surface area contributed by atoms with Gasteiger partial charge in [0, 0.05) is 38.4 Å². The first-order valence-corrected chi connectivity index (χ1v) is 9.26. The molecule has 0 bridgehead atoms. The Hall–Kier alpha value is -2.08. The van der Waals surface area contributed by atoms with Crippen LogP contribution in [0.3, 0.4) is 0 Å². The number of hydrogen-bond acceptors (Lipinski definition) is 4. The fourth-order valence-electron chi connectivity index (χ4n) is 3.24. The van der Waals surface area contributed by atoms with E-state index in [1.807, 2.05) is 6.07 Å². The lowest BCUT2D eigenvalue weighted by Gasteiger charge is -2.35. The van der Waals surface area contributed by atoms with Crippen LogP contribution in [0.4, 0.5) is 5.69 Å². The minimum absolute atomic E-state index is 0.179. The van der Waals surface area contributed by atoms with Gasteiger partial charge in [-0.05, 0) is 24.3 Å². The summed E-state index contributed by atoms with van der Waals surface area (Å²) in [5.41, 5.74) is 2.81. The summed E-state index contributed by atoms with van der Waals surface area (Å²) in [6, 6.07) is 13.7. The van der Waals surface area contributed by atoms with Crippen LogP contribution in [0.15, 0.2) is 47.3 Å². The van der Waals surface area contributed by atoms with Gasteiger partial charge in [-0.15, -0.1) is 0 Å². The lowest BCUT2D eigenvalue weighted by atomic mass is 10.2. The number of fused-ring (bicyclic) bond motifs is 1. The van der Waals surface area contributed by atoms with Gasteiger partial charge in [-0.25, -0.2) is 4.98 Å². The second-order valence-corrected chi connectivity index (χ2v) is 7.21. The summed E-state index contributed by atoms with van der Waals surface area (Å²) in [6.45, 7) is 4.15. The number of aromatic amines is 1. The number of halogens is 2. The number of aromatic nitrogens is 2. The van der Waals surface area contributed by atoms with Crippen LogP contribution in [0.25, 0.3) is 11.0 Å². The molecular formula is C19H18Cl2N4O. The van der Waals surface area contributed by atoms with Crippen LogP contribution in [0, 0.1) is 0 Å². The number of benzene rings is 2.